The van der Waals surface area contributed by atoms with Crippen LogP contribution in [0.25, 0.3) is 11.1 Å². The molecule has 7 nitrogen and oxygen atoms in total. The number of halogens is 3. The number of alkyl halides is 3. The van der Waals surface area contributed by atoms with E-state index in [2.05, 4.69) is 0 Å². The SMILES string of the molecule is O=C(O)CN(Cc1ccccc1)C(=O)C(CNC(=O)OCC1c2ccccc2-c2ccccc21)C(F)(F)F. The summed E-state index contributed by atoms with van der Waals surface area (Å²) in [4.78, 5) is 37.1. The first-order valence-electron chi connectivity index (χ1n) is 11.8. The maximum atomic E-state index is 13.8. The Labute approximate surface area is 216 Å². The molecule has 0 fully saturated rings. The Morgan fingerprint density at radius 2 is 1.45 bits per heavy atom. The number of hydrogen-bond donors (Lipinski definition) is 2. The molecule has 0 bridgehead atoms. The van der Waals surface area contributed by atoms with Gasteiger partial charge in [0, 0.05) is 19.0 Å². The highest BCUT2D eigenvalue weighted by Crippen LogP contribution is 2.44. The molecule has 38 heavy (non-hydrogen) atoms. The minimum absolute atomic E-state index is 0.108. The van der Waals surface area contributed by atoms with E-state index < -0.39 is 43.2 Å². The van der Waals surface area contributed by atoms with Gasteiger partial charge in [-0.25, -0.2) is 4.79 Å². The first-order valence-corrected chi connectivity index (χ1v) is 11.8. The summed E-state index contributed by atoms with van der Waals surface area (Å²) < 4.78 is 46.8. The first-order chi connectivity index (χ1) is 18.1. The highest BCUT2D eigenvalue weighted by Gasteiger charge is 2.47. The third-order valence-corrected chi connectivity index (χ3v) is 6.34. The zero-order valence-electron chi connectivity index (χ0n) is 20.1. The fraction of sp³-hybridized carbons (Fsp3) is 0.250. The lowest BCUT2D eigenvalue weighted by molar-refractivity contribution is -0.189. The van der Waals surface area contributed by atoms with E-state index in [0.29, 0.717) is 10.5 Å². The van der Waals surface area contributed by atoms with E-state index in [4.69, 9.17) is 9.84 Å². The molecular weight excluding hydrogens is 501 g/mol. The molecule has 2 N–H and O–H groups in total. The van der Waals surface area contributed by atoms with Crippen LogP contribution >= 0.6 is 0 Å². The average Bonchev–Trinajstić information content (AvgIpc) is 3.20. The Balaban J connectivity index is 1.42. The number of rotatable bonds is 9. The largest absolute Gasteiger partial charge is 0.480 e. The molecule has 0 aromatic heterocycles. The van der Waals surface area contributed by atoms with Crippen LogP contribution in [0.15, 0.2) is 78.9 Å². The van der Waals surface area contributed by atoms with Crippen molar-refractivity contribution in [1.29, 1.82) is 0 Å². The third-order valence-electron chi connectivity index (χ3n) is 6.34. The fourth-order valence-electron chi connectivity index (χ4n) is 4.58. The smallest absolute Gasteiger partial charge is 0.407 e. The number of carboxylic acid groups (broad SMARTS) is 1. The molecule has 198 valence electrons. The van der Waals surface area contributed by atoms with Crippen molar-refractivity contribution in [2.75, 3.05) is 19.7 Å². The van der Waals surface area contributed by atoms with Crippen LogP contribution in [0.4, 0.5) is 18.0 Å². The van der Waals surface area contributed by atoms with E-state index in [0.717, 1.165) is 22.3 Å². The van der Waals surface area contributed by atoms with E-state index in [-0.39, 0.29) is 19.1 Å². The number of carboxylic acids is 1. The van der Waals surface area contributed by atoms with Crippen molar-refractivity contribution < 1.29 is 37.4 Å². The van der Waals surface area contributed by atoms with Crippen molar-refractivity contribution in [1.82, 2.24) is 10.2 Å². The summed E-state index contributed by atoms with van der Waals surface area (Å²) in [6.07, 6.45) is -6.14. The summed E-state index contributed by atoms with van der Waals surface area (Å²) in [5, 5.41) is 11.2. The molecular formula is C28H25F3N2O5. The molecule has 3 aromatic rings. The molecule has 2 amide bonds. The van der Waals surface area contributed by atoms with Crippen LogP contribution in [-0.4, -0.2) is 53.8 Å². The van der Waals surface area contributed by atoms with Crippen LogP contribution in [0.5, 0.6) is 0 Å². The monoisotopic (exact) mass is 526 g/mol. The van der Waals surface area contributed by atoms with Crippen LogP contribution in [0.2, 0.25) is 0 Å². The number of alkyl carbamates (subject to hydrolysis) is 1. The van der Waals surface area contributed by atoms with Crippen molar-refractivity contribution in [2.45, 2.75) is 18.6 Å². The summed E-state index contributed by atoms with van der Waals surface area (Å²) in [6, 6.07) is 23.3. The van der Waals surface area contributed by atoms with Gasteiger partial charge in [-0.2, -0.15) is 13.2 Å². The van der Waals surface area contributed by atoms with Gasteiger partial charge in [-0.3, -0.25) is 9.59 Å². The van der Waals surface area contributed by atoms with Gasteiger partial charge in [0.05, 0.1) is 0 Å². The van der Waals surface area contributed by atoms with Gasteiger partial charge in [-0.15, -0.1) is 0 Å². The van der Waals surface area contributed by atoms with Crippen molar-refractivity contribution >= 4 is 18.0 Å². The number of carbonyl (C=O) groups excluding carboxylic acids is 2. The number of nitrogens with one attached hydrogen (secondary N) is 1. The summed E-state index contributed by atoms with van der Waals surface area (Å²) >= 11 is 0. The second kappa shape index (κ2) is 11.4. The van der Waals surface area contributed by atoms with E-state index in [1.54, 1.807) is 30.3 Å². The van der Waals surface area contributed by atoms with Gasteiger partial charge >= 0.3 is 18.2 Å². The van der Waals surface area contributed by atoms with Crippen molar-refractivity contribution in [3.05, 3.63) is 95.6 Å². The Kier molecular flexibility index (Phi) is 7.99. The highest BCUT2D eigenvalue weighted by atomic mass is 19.4. The van der Waals surface area contributed by atoms with Crippen LogP contribution in [-0.2, 0) is 20.9 Å². The topological polar surface area (TPSA) is 95.9 Å². The summed E-state index contributed by atoms with van der Waals surface area (Å²) in [5.41, 5.74) is 4.34. The Morgan fingerprint density at radius 1 is 0.895 bits per heavy atom. The van der Waals surface area contributed by atoms with Crippen molar-refractivity contribution in [3.8, 4) is 11.1 Å². The zero-order chi connectivity index (χ0) is 27.3. The molecule has 1 unspecified atom stereocenters. The quantitative estimate of drug-likeness (QED) is 0.417. The molecule has 4 rings (SSSR count). The maximum absolute atomic E-state index is 13.8. The Hall–Kier alpha value is -4.34. The number of fused-ring (bicyclic) bond motifs is 3. The lowest BCUT2D eigenvalue weighted by Gasteiger charge is -2.27. The summed E-state index contributed by atoms with van der Waals surface area (Å²) in [6.45, 7) is -2.46. The number of ether oxygens (including phenoxy) is 1. The molecule has 0 heterocycles. The van der Waals surface area contributed by atoms with E-state index >= 15 is 0 Å². The molecule has 0 saturated heterocycles. The van der Waals surface area contributed by atoms with E-state index in [1.165, 1.54) is 0 Å². The van der Waals surface area contributed by atoms with E-state index in [1.807, 2.05) is 53.8 Å². The van der Waals surface area contributed by atoms with Crippen molar-refractivity contribution in [3.63, 3.8) is 0 Å². The van der Waals surface area contributed by atoms with Gasteiger partial charge in [-0.1, -0.05) is 78.9 Å². The summed E-state index contributed by atoms with van der Waals surface area (Å²) in [5.74, 6) is -5.85. The van der Waals surface area contributed by atoms with Gasteiger partial charge in [0.15, 0.2) is 5.92 Å². The molecule has 1 aliphatic carbocycles. The van der Waals surface area contributed by atoms with Gasteiger partial charge in [0.25, 0.3) is 0 Å². The zero-order valence-corrected chi connectivity index (χ0v) is 20.1. The Bertz CT molecular complexity index is 1270. The number of aliphatic carboxylic acids is 1. The normalized spacial score (nSPS) is 13.2. The molecule has 0 aliphatic heterocycles. The van der Waals surface area contributed by atoms with Gasteiger partial charge < -0.3 is 20.1 Å². The number of benzene rings is 3. The second-order valence-corrected chi connectivity index (χ2v) is 8.87. The van der Waals surface area contributed by atoms with Crippen LogP contribution in [0, 0.1) is 5.92 Å². The number of amides is 2. The number of nitrogens with zero attached hydrogens (tertiary/aromatic N) is 1. The number of hydrogen-bond acceptors (Lipinski definition) is 4. The third kappa shape index (κ3) is 6.13. The predicted molar refractivity (Wildman–Crippen MR) is 132 cm³/mol. The lowest BCUT2D eigenvalue weighted by atomic mass is 9.98. The van der Waals surface area contributed by atoms with Gasteiger partial charge in [0.2, 0.25) is 5.91 Å². The minimum Gasteiger partial charge on any atom is -0.480 e. The maximum Gasteiger partial charge on any atom is 0.407 e. The second-order valence-electron chi connectivity index (χ2n) is 8.87. The summed E-state index contributed by atoms with van der Waals surface area (Å²) in [7, 11) is 0. The standard InChI is InChI=1S/C28H25F3N2O5/c29-28(30,31)24(26(36)33(16-25(34)35)15-18-8-2-1-3-9-18)14-32-27(37)38-17-23-21-12-6-4-10-19(21)20-11-5-7-13-22(20)23/h1-13,23-24H,14-17H2,(H,32,37)(H,34,35). The minimum atomic E-state index is -5.03. The lowest BCUT2D eigenvalue weighted by Crippen LogP contribution is -2.49. The van der Waals surface area contributed by atoms with E-state index in [9.17, 15) is 27.6 Å². The fourth-order valence-corrected chi connectivity index (χ4v) is 4.58. The van der Waals surface area contributed by atoms with Crippen molar-refractivity contribution in [2.24, 2.45) is 5.92 Å². The number of carbonyl (C=O) groups is 3. The highest BCUT2D eigenvalue weighted by molar-refractivity contribution is 5.84. The van der Waals surface area contributed by atoms with Crippen LogP contribution in [0.1, 0.15) is 22.6 Å². The van der Waals surface area contributed by atoms with Crippen LogP contribution < -0.4 is 5.32 Å². The first kappa shape index (κ1) is 26.7. The predicted octanol–water partition coefficient (Wildman–Crippen LogP) is 4.82. The Morgan fingerprint density at radius 3 is 2.00 bits per heavy atom. The van der Waals surface area contributed by atoms with Crippen LogP contribution in [0.3, 0.4) is 0 Å². The molecule has 0 spiro atoms. The molecule has 0 saturated carbocycles. The average molecular weight is 527 g/mol. The molecule has 0 radical (unpaired) electrons. The molecule has 1 atom stereocenters. The molecule has 3 aromatic carbocycles. The molecule has 1 aliphatic rings. The van der Waals surface area contributed by atoms with Gasteiger partial charge in [0.1, 0.15) is 13.2 Å². The molecule has 10 heteroatoms. The van der Waals surface area contributed by atoms with Gasteiger partial charge in [-0.05, 0) is 27.8 Å².